The molecular weight excluding hydrogens is 441 g/mol. The van der Waals surface area contributed by atoms with Gasteiger partial charge >= 0.3 is 5.97 Å². The fourth-order valence-corrected chi connectivity index (χ4v) is 3.69. The van der Waals surface area contributed by atoms with E-state index in [1.807, 2.05) is 0 Å². The van der Waals surface area contributed by atoms with Gasteiger partial charge in [0.25, 0.3) is 11.5 Å². The molecule has 3 aromatic rings. The second-order valence-electron chi connectivity index (χ2n) is 7.27. The van der Waals surface area contributed by atoms with Crippen molar-refractivity contribution in [3.8, 4) is 0 Å². The Morgan fingerprint density at radius 3 is 2.42 bits per heavy atom. The molecule has 9 heteroatoms. The number of ether oxygens (including phenoxy) is 1. The molecule has 1 amide bonds. The molecule has 1 heterocycles. The van der Waals surface area contributed by atoms with Crippen molar-refractivity contribution < 1.29 is 14.3 Å². The molecule has 31 heavy (non-hydrogen) atoms. The summed E-state index contributed by atoms with van der Waals surface area (Å²) in [4.78, 5) is 37.6. The first-order chi connectivity index (χ1) is 14.7. The van der Waals surface area contributed by atoms with Crippen molar-refractivity contribution in [3.05, 3.63) is 74.1 Å². The lowest BCUT2D eigenvalue weighted by Crippen LogP contribution is -2.32. The van der Waals surface area contributed by atoms with Crippen LogP contribution >= 0.6 is 23.2 Å². The van der Waals surface area contributed by atoms with Crippen molar-refractivity contribution in [2.24, 2.45) is 0 Å². The van der Waals surface area contributed by atoms with Gasteiger partial charge in [0.05, 0.1) is 17.5 Å². The van der Waals surface area contributed by atoms with Gasteiger partial charge in [-0.2, -0.15) is 5.10 Å². The second-order valence-corrected chi connectivity index (χ2v) is 8.11. The number of carbonyl (C=O) groups is 2. The number of carbonyl (C=O) groups excluding carboxylic acids is 2. The maximum Gasteiger partial charge on any atom is 0.359 e. The van der Waals surface area contributed by atoms with Crippen molar-refractivity contribution in [2.75, 3.05) is 6.61 Å². The molecule has 0 fully saturated rings. The fraction of sp³-hybridized carbons (Fsp3) is 0.273. The van der Waals surface area contributed by atoms with Crippen LogP contribution in [0.1, 0.15) is 48.9 Å². The molecule has 162 valence electrons. The zero-order chi connectivity index (χ0) is 22.7. The highest BCUT2D eigenvalue weighted by Crippen LogP contribution is 2.26. The van der Waals surface area contributed by atoms with Crippen LogP contribution in [0, 0.1) is 0 Å². The van der Waals surface area contributed by atoms with Gasteiger partial charge in [0, 0.05) is 15.4 Å². The average Bonchev–Trinajstić information content (AvgIpc) is 2.72. The first-order valence-corrected chi connectivity index (χ1v) is 10.4. The third kappa shape index (κ3) is 5.06. The summed E-state index contributed by atoms with van der Waals surface area (Å²) in [6.07, 6.45) is 0. The molecule has 0 radical (unpaired) electrons. The molecule has 1 N–H and O–H groups in total. The van der Waals surface area contributed by atoms with Gasteiger partial charge in [-0.15, -0.1) is 0 Å². The van der Waals surface area contributed by atoms with Crippen molar-refractivity contribution >= 4 is 45.9 Å². The quantitative estimate of drug-likeness (QED) is 0.552. The number of nitrogens with zero attached hydrogens (tertiary/aromatic N) is 2. The first kappa shape index (κ1) is 22.8. The summed E-state index contributed by atoms with van der Waals surface area (Å²) in [5.74, 6) is -1.30. The van der Waals surface area contributed by atoms with E-state index >= 15 is 0 Å². The summed E-state index contributed by atoms with van der Waals surface area (Å²) in [6.45, 7) is 4.82. The van der Waals surface area contributed by atoms with E-state index in [1.54, 1.807) is 63.2 Å². The van der Waals surface area contributed by atoms with Crippen LogP contribution in [0.15, 0.2) is 47.3 Å². The molecule has 2 aromatic carbocycles. The van der Waals surface area contributed by atoms with E-state index in [4.69, 9.17) is 27.9 Å². The number of aromatic nitrogens is 2. The number of rotatable bonds is 6. The third-order valence-electron chi connectivity index (χ3n) is 4.65. The highest BCUT2D eigenvalue weighted by molar-refractivity contribution is 6.35. The van der Waals surface area contributed by atoms with Gasteiger partial charge in [-0.3, -0.25) is 9.59 Å². The molecular formula is C22H21Cl2N3O4. The van der Waals surface area contributed by atoms with E-state index in [9.17, 15) is 14.4 Å². The number of fused-ring (bicyclic) bond motifs is 1. The van der Waals surface area contributed by atoms with Gasteiger partial charge in [0.15, 0.2) is 12.3 Å². The van der Waals surface area contributed by atoms with Crippen LogP contribution in [0.4, 0.5) is 0 Å². The molecule has 1 aromatic heterocycles. The number of hydrogen-bond donors (Lipinski definition) is 1. The fourth-order valence-electron chi connectivity index (χ4n) is 3.12. The zero-order valence-corrected chi connectivity index (χ0v) is 18.7. The van der Waals surface area contributed by atoms with Crippen LogP contribution < -0.4 is 10.9 Å². The molecule has 0 aliphatic carbocycles. The Morgan fingerprint density at radius 2 is 1.77 bits per heavy atom. The number of esters is 1. The van der Waals surface area contributed by atoms with Crippen LogP contribution in [-0.2, 0) is 9.53 Å². The smallest absolute Gasteiger partial charge is 0.359 e. The van der Waals surface area contributed by atoms with Crippen LogP contribution in [0.5, 0.6) is 0 Å². The molecule has 7 nitrogen and oxygen atoms in total. The summed E-state index contributed by atoms with van der Waals surface area (Å²) < 4.78 is 6.40. The average molecular weight is 462 g/mol. The number of amides is 1. The SMILES string of the molecule is CC(NC(=O)COC(=O)c1nn(C(C)C)c(=O)c2ccccc12)c1ccc(Cl)cc1Cl. The van der Waals surface area contributed by atoms with E-state index < -0.39 is 24.5 Å². The Morgan fingerprint density at radius 1 is 1.10 bits per heavy atom. The highest BCUT2D eigenvalue weighted by atomic mass is 35.5. The Hall–Kier alpha value is -2.90. The summed E-state index contributed by atoms with van der Waals surface area (Å²) in [7, 11) is 0. The Labute approximate surface area is 188 Å². The standard InChI is InChI=1S/C22H21Cl2N3O4/c1-12(2)27-21(29)17-7-5-4-6-16(17)20(26-27)22(30)31-11-19(28)25-13(3)15-9-8-14(23)10-18(15)24/h4-10,12-13H,11H2,1-3H3,(H,25,28). The van der Waals surface area contributed by atoms with Crippen LogP contribution in [-0.4, -0.2) is 28.3 Å². The summed E-state index contributed by atoms with van der Waals surface area (Å²) in [5.41, 5.74) is 0.362. The van der Waals surface area contributed by atoms with Crippen molar-refractivity contribution in [1.82, 2.24) is 15.1 Å². The van der Waals surface area contributed by atoms with E-state index in [-0.39, 0.29) is 17.3 Å². The minimum Gasteiger partial charge on any atom is -0.451 e. The van der Waals surface area contributed by atoms with E-state index in [2.05, 4.69) is 10.4 Å². The van der Waals surface area contributed by atoms with Crippen LogP contribution in [0.3, 0.4) is 0 Å². The van der Waals surface area contributed by atoms with Crippen molar-refractivity contribution in [1.29, 1.82) is 0 Å². The van der Waals surface area contributed by atoms with Gasteiger partial charge in [-0.05, 0) is 44.5 Å². The molecule has 1 atom stereocenters. The Kier molecular flexibility index (Phi) is 6.97. The molecule has 0 spiro atoms. The Balaban J connectivity index is 1.75. The predicted molar refractivity (Wildman–Crippen MR) is 120 cm³/mol. The first-order valence-electron chi connectivity index (χ1n) is 9.62. The van der Waals surface area contributed by atoms with Crippen LogP contribution in [0.25, 0.3) is 10.8 Å². The molecule has 0 aliphatic heterocycles. The minimum absolute atomic E-state index is 0.0227. The molecule has 0 saturated heterocycles. The molecule has 0 bridgehead atoms. The van der Waals surface area contributed by atoms with E-state index in [0.29, 0.717) is 26.4 Å². The maximum absolute atomic E-state index is 12.7. The molecule has 3 rings (SSSR count). The largest absolute Gasteiger partial charge is 0.451 e. The monoisotopic (exact) mass is 461 g/mol. The molecule has 0 aliphatic rings. The topological polar surface area (TPSA) is 90.3 Å². The zero-order valence-electron chi connectivity index (χ0n) is 17.2. The van der Waals surface area contributed by atoms with Crippen LogP contribution in [0.2, 0.25) is 10.0 Å². The van der Waals surface area contributed by atoms with E-state index in [1.165, 1.54) is 4.68 Å². The lowest BCUT2D eigenvalue weighted by Gasteiger charge is -2.16. The van der Waals surface area contributed by atoms with Crippen molar-refractivity contribution in [2.45, 2.75) is 32.9 Å². The second kappa shape index (κ2) is 9.49. The van der Waals surface area contributed by atoms with Gasteiger partial charge in [-0.25, -0.2) is 9.48 Å². The predicted octanol–water partition coefficient (Wildman–Crippen LogP) is 4.32. The van der Waals surface area contributed by atoms with Crippen molar-refractivity contribution in [3.63, 3.8) is 0 Å². The van der Waals surface area contributed by atoms with Gasteiger partial charge in [-0.1, -0.05) is 47.5 Å². The van der Waals surface area contributed by atoms with E-state index in [0.717, 1.165) is 0 Å². The molecule has 0 saturated carbocycles. The summed E-state index contributed by atoms with van der Waals surface area (Å²) in [6, 6.07) is 11.0. The Bertz CT molecular complexity index is 1210. The van der Waals surface area contributed by atoms with Gasteiger partial charge in [0.1, 0.15) is 0 Å². The maximum atomic E-state index is 12.7. The molecule has 1 unspecified atom stereocenters. The minimum atomic E-state index is -0.794. The third-order valence-corrected chi connectivity index (χ3v) is 5.21. The summed E-state index contributed by atoms with van der Waals surface area (Å²) >= 11 is 12.1. The lowest BCUT2D eigenvalue weighted by atomic mass is 10.1. The lowest BCUT2D eigenvalue weighted by molar-refractivity contribution is -0.124. The number of benzene rings is 2. The number of halogens is 2. The number of nitrogens with one attached hydrogen (secondary N) is 1. The summed E-state index contributed by atoms with van der Waals surface area (Å²) in [5, 5.41) is 8.53. The highest BCUT2D eigenvalue weighted by Gasteiger charge is 2.20. The van der Waals surface area contributed by atoms with Gasteiger partial charge in [0.2, 0.25) is 0 Å². The normalized spacial score (nSPS) is 12.1. The number of hydrogen-bond acceptors (Lipinski definition) is 5. The van der Waals surface area contributed by atoms with Gasteiger partial charge < -0.3 is 10.1 Å².